The molecule has 0 saturated heterocycles. The molecule has 0 fully saturated rings. The number of nitrogens with zero attached hydrogens (tertiary/aromatic N) is 2. The number of rotatable bonds is 3. The number of pyridine rings is 2. The zero-order valence-corrected chi connectivity index (χ0v) is 19.3. The molecule has 160 valence electrons. The predicted molar refractivity (Wildman–Crippen MR) is 122 cm³/mol. The summed E-state index contributed by atoms with van der Waals surface area (Å²) in [6.45, 7) is 9.09. The minimum Gasteiger partial charge on any atom is -0.458 e. The Hall–Kier alpha value is -2.77. The van der Waals surface area contributed by atoms with Gasteiger partial charge in [0.05, 0.1) is 29.0 Å². The average Bonchev–Trinajstić information content (AvgIpc) is 3.06. The molecule has 2 aliphatic heterocycles. The standard InChI is InChI=1S/C24H26N2O4Si/c1-5-24(29)18-10-20-21-16(11-26(20)22(27)17(18)12-30-23(24)28)9-15-8-14(13-31(2,3)4)6-7-19(15)25-21/h6-10,29H,5,11-13H2,1-4H3. The molecule has 0 aliphatic carbocycles. The quantitative estimate of drug-likeness (QED) is 0.394. The Kier molecular flexibility index (Phi) is 4.30. The Morgan fingerprint density at radius 1 is 1.19 bits per heavy atom. The molecular weight excluding hydrogens is 408 g/mol. The summed E-state index contributed by atoms with van der Waals surface area (Å²) in [5.41, 5.74) is 3.23. The van der Waals surface area contributed by atoms with Crippen LogP contribution in [0.25, 0.3) is 22.3 Å². The van der Waals surface area contributed by atoms with Gasteiger partial charge in [0.15, 0.2) is 5.60 Å². The van der Waals surface area contributed by atoms with E-state index in [2.05, 4.69) is 37.8 Å². The third-order valence-electron chi connectivity index (χ3n) is 6.31. The van der Waals surface area contributed by atoms with E-state index in [1.165, 1.54) is 5.56 Å². The highest BCUT2D eigenvalue weighted by Crippen LogP contribution is 2.38. The van der Waals surface area contributed by atoms with Crippen molar-refractivity contribution in [3.63, 3.8) is 0 Å². The Balaban J connectivity index is 1.67. The van der Waals surface area contributed by atoms with E-state index in [0.717, 1.165) is 28.2 Å². The summed E-state index contributed by atoms with van der Waals surface area (Å²) < 4.78 is 6.80. The minimum atomic E-state index is -1.80. The summed E-state index contributed by atoms with van der Waals surface area (Å²) in [5, 5.41) is 12.0. The summed E-state index contributed by atoms with van der Waals surface area (Å²) in [6, 6.07) is 11.4. The number of aliphatic hydroxyl groups is 1. The van der Waals surface area contributed by atoms with E-state index in [-0.39, 0.29) is 18.6 Å². The van der Waals surface area contributed by atoms with Crippen LogP contribution in [0.4, 0.5) is 0 Å². The molecule has 0 amide bonds. The number of aromatic nitrogens is 2. The van der Waals surface area contributed by atoms with Gasteiger partial charge in [-0.1, -0.05) is 32.6 Å². The second kappa shape index (κ2) is 6.61. The summed E-state index contributed by atoms with van der Waals surface area (Å²) in [6.07, 6.45) is 0.138. The number of cyclic esters (lactones) is 1. The Bertz CT molecular complexity index is 1320. The maximum atomic E-state index is 13.2. The van der Waals surface area contributed by atoms with Crippen LogP contribution in [0.15, 0.2) is 35.1 Å². The summed E-state index contributed by atoms with van der Waals surface area (Å²) in [5.74, 6) is -0.702. The van der Waals surface area contributed by atoms with Gasteiger partial charge < -0.3 is 14.4 Å². The number of carbonyl (C=O) groups is 1. The molecule has 1 N–H and O–H groups in total. The SMILES string of the molecule is CCC1(O)C(=O)OCc2c1cc1n(c2=O)Cc2cc3cc(C[Si](C)(C)C)ccc3nc2-1. The van der Waals surface area contributed by atoms with Crippen LogP contribution in [0.2, 0.25) is 19.6 Å². The van der Waals surface area contributed by atoms with Gasteiger partial charge in [-0.15, -0.1) is 0 Å². The first kappa shape index (κ1) is 20.1. The van der Waals surface area contributed by atoms with Crippen molar-refractivity contribution >= 4 is 24.9 Å². The molecule has 1 atom stereocenters. The van der Waals surface area contributed by atoms with Crippen molar-refractivity contribution < 1.29 is 14.6 Å². The van der Waals surface area contributed by atoms with Gasteiger partial charge in [-0.3, -0.25) is 4.79 Å². The highest BCUT2D eigenvalue weighted by atomic mass is 28.3. The van der Waals surface area contributed by atoms with E-state index >= 15 is 0 Å². The van der Waals surface area contributed by atoms with E-state index < -0.39 is 19.6 Å². The van der Waals surface area contributed by atoms with Crippen molar-refractivity contribution in [2.75, 3.05) is 0 Å². The fraction of sp³-hybridized carbons (Fsp3) is 0.375. The van der Waals surface area contributed by atoms with Crippen LogP contribution in [-0.2, 0) is 34.3 Å². The van der Waals surface area contributed by atoms with Gasteiger partial charge in [0.25, 0.3) is 5.56 Å². The number of hydrogen-bond acceptors (Lipinski definition) is 5. The van der Waals surface area contributed by atoms with Gasteiger partial charge in [0, 0.05) is 24.6 Å². The molecule has 5 rings (SSSR count). The lowest BCUT2D eigenvalue weighted by Crippen LogP contribution is -2.44. The Morgan fingerprint density at radius 2 is 1.97 bits per heavy atom. The molecule has 2 aromatic heterocycles. The maximum Gasteiger partial charge on any atom is 0.343 e. The van der Waals surface area contributed by atoms with Crippen LogP contribution in [0.5, 0.6) is 0 Å². The largest absolute Gasteiger partial charge is 0.458 e. The van der Waals surface area contributed by atoms with Crippen molar-refractivity contribution in [2.24, 2.45) is 0 Å². The van der Waals surface area contributed by atoms with Gasteiger partial charge >= 0.3 is 5.97 Å². The number of carbonyl (C=O) groups excluding carboxylic acids is 1. The van der Waals surface area contributed by atoms with Gasteiger partial charge in [-0.2, -0.15) is 0 Å². The molecule has 1 aromatic carbocycles. The molecule has 4 heterocycles. The number of benzene rings is 1. The van der Waals surface area contributed by atoms with Crippen molar-refractivity contribution in [1.29, 1.82) is 0 Å². The molecule has 6 nitrogen and oxygen atoms in total. The van der Waals surface area contributed by atoms with Crippen molar-refractivity contribution in [1.82, 2.24) is 9.55 Å². The number of fused-ring (bicyclic) bond motifs is 5. The normalized spacial score (nSPS) is 19.7. The van der Waals surface area contributed by atoms with Gasteiger partial charge in [-0.25, -0.2) is 9.78 Å². The Morgan fingerprint density at radius 3 is 2.68 bits per heavy atom. The van der Waals surface area contributed by atoms with Crippen molar-refractivity contribution in [3.05, 3.63) is 62.9 Å². The summed E-state index contributed by atoms with van der Waals surface area (Å²) in [7, 11) is -1.23. The third-order valence-corrected chi connectivity index (χ3v) is 7.78. The van der Waals surface area contributed by atoms with E-state index in [1.54, 1.807) is 17.6 Å². The molecule has 0 bridgehead atoms. The lowest BCUT2D eigenvalue weighted by Gasteiger charge is -2.31. The molecule has 1 unspecified atom stereocenters. The molecule has 0 saturated carbocycles. The first-order valence-electron chi connectivity index (χ1n) is 10.7. The monoisotopic (exact) mass is 434 g/mol. The average molecular weight is 435 g/mol. The van der Waals surface area contributed by atoms with Crippen LogP contribution >= 0.6 is 0 Å². The van der Waals surface area contributed by atoms with Gasteiger partial charge in [0.2, 0.25) is 0 Å². The van der Waals surface area contributed by atoms with E-state index in [9.17, 15) is 14.7 Å². The van der Waals surface area contributed by atoms with Crippen LogP contribution in [-0.4, -0.2) is 28.7 Å². The van der Waals surface area contributed by atoms with E-state index in [1.807, 2.05) is 6.07 Å². The Labute approximate surface area is 181 Å². The number of hydrogen-bond donors (Lipinski definition) is 1. The smallest absolute Gasteiger partial charge is 0.343 e. The summed E-state index contributed by atoms with van der Waals surface area (Å²) >= 11 is 0. The third kappa shape index (κ3) is 3.06. The van der Waals surface area contributed by atoms with Gasteiger partial charge in [-0.05, 0) is 42.3 Å². The first-order chi connectivity index (χ1) is 14.6. The lowest BCUT2D eigenvalue weighted by molar-refractivity contribution is -0.172. The zero-order valence-electron chi connectivity index (χ0n) is 18.3. The molecule has 31 heavy (non-hydrogen) atoms. The predicted octanol–water partition coefficient (Wildman–Crippen LogP) is 3.50. The van der Waals surface area contributed by atoms with Crippen molar-refractivity contribution in [2.45, 2.75) is 57.8 Å². The second-order valence-corrected chi connectivity index (χ2v) is 15.3. The number of esters is 1. The molecule has 7 heteroatoms. The molecule has 0 spiro atoms. The van der Waals surface area contributed by atoms with Crippen LogP contribution in [0.3, 0.4) is 0 Å². The fourth-order valence-corrected chi connectivity index (χ4v) is 6.20. The fourth-order valence-electron chi connectivity index (χ4n) is 4.76. The van der Waals surface area contributed by atoms with Crippen LogP contribution in [0, 0.1) is 0 Å². The minimum absolute atomic E-state index is 0.110. The first-order valence-corrected chi connectivity index (χ1v) is 14.4. The lowest BCUT2D eigenvalue weighted by atomic mass is 9.86. The number of ether oxygens (including phenoxy) is 1. The molecule has 3 aromatic rings. The zero-order chi connectivity index (χ0) is 22.1. The maximum absolute atomic E-state index is 13.2. The topological polar surface area (TPSA) is 81.4 Å². The van der Waals surface area contributed by atoms with E-state index in [0.29, 0.717) is 23.4 Å². The molecule has 2 aliphatic rings. The molecule has 0 radical (unpaired) electrons. The van der Waals surface area contributed by atoms with E-state index in [4.69, 9.17) is 9.72 Å². The second-order valence-electron chi connectivity index (χ2n) is 9.86. The highest BCUT2D eigenvalue weighted by molar-refractivity contribution is 6.75. The summed E-state index contributed by atoms with van der Waals surface area (Å²) in [4.78, 5) is 30.4. The highest BCUT2D eigenvalue weighted by Gasteiger charge is 2.45. The van der Waals surface area contributed by atoms with Crippen LogP contribution in [0.1, 0.15) is 35.6 Å². The van der Waals surface area contributed by atoms with Gasteiger partial charge in [0.1, 0.15) is 6.61 Å². The van der Waals surface area contributed by atoms with Crippen LogP contribution < -0.4 is 5.56 Å². The molecular formula is C24H26N2O4Si. The van der Waals surface area contributed by atoms with Crippen molar-refractivity contribution in [3.8, 4) is 11.4 Å².